The quantitative estimate of drug-likeness (QED) is 0.856. The monoisotopic (exact) mass is 378 g/mol. The number of halogens is 2. The summed E-state index contributed by atoms with van der Waals surface area (Å²) >= 11 is 3.27. The van der Waals surface area contributed by atoms with Crippen molar-refractivity contribution < 1.29 is 12.8 Å². The summed E-state index contributed by atoms with van der Waals surface area (Å²) < 4.78 is 41.7. The summed E-state index contributed by atoms with van der Waals surface area (Å²) in [7, 11) is -3.77. The predicted octanol–water partition coefficient (Wildman–Crippen LogP) is 2.73. The fourth-order valence-electron chi connectivity index (χ4n) is 2.45. The zero-order valence-electron chi connectivity index (χ0n) is 12.2. The second-order valence-electron chi connectivity index (χ2n) is 5.41. The second kappa shape index (κ2) is 6.73. The molecule has 1 saturated heterocycles. The molecule has 0 amide bonds. The first-order valence-corrected chi connectivity index (χ1v) is 9.28. The molecule has 0 saturated carbocycles. The van der Waals surface area contributed by atoms with Gasteiger partial charge in [-0.05, 0) is 31.0 Å². The fraction of sp³-hybridized carbons (Fsp3) is 0.571. The molecule has 0 radical (unpaired) electrons. The van der Waals surface area contributed by atoms with Crippen LogP contribution < -0.4 is 5.32 Å². The zero-order valence-corrected chi connectivity index (χ0v) is 14.6. The molecule has 1 aromatic rings. The van der Waals surface area contributed by atoms with Gasteiger partial charge in [-0.3, -0.25) is 0 Å². The Labute approximate surface area is 133 Å². The number of hydrogen-bond acceptors (Lipinski definition) is 3. The van der Waals surface area contributed by atoms with Crippen molar-refractivity contribution in [2.24, 2.45) is 5.92 Å². The van der Waals surface area contributed by atoms with Crippen molar-refractivity contribution in [3.05, 3.63) is 28.0 Å². The van der Waals surface area contributed by atoms with Crippen LogP contribution in [-0.4, -0.2) is 32.4 Å². The summed E-state index contributed by atoms with van der Waals surface area (Å²) in [6.45, 7) is 5.83. The van der Waals surface area contributed by atoms with Gasteiger partial charge >= 0.3 is 0 Å². The Bertz CT molecular complexity index is 622. The van der Waals surface area contributed by atoms with Crippen LogP contribution in [0.4, 0.5) is 4.39 Å². The van der Waals surface area contributed by atoms with Crippen molar-refractivity contribution in [2.75, 3.05) is 19.6 Å². The number of benzene rings is 1. The largest absolute Gasteiger partial charge is 0.313 e. The zero-order chi connectivity index (χ0) is 15.6. The van der Waals surface area contributed by atoms with E-state index in [1.165, 1.54) is 10.4 Å². The maximum absolute atomic E-state index is 14.6. The van der Waals surface area contributed by atoms with E-state index < -0.39 is 15.8 Å². The molecule has 1 unspecified atom stereocenters. The molecule has 0 spiro atoms. The van der Waals surface area contributed by atoms with Crippen molar-refractivity contribution in [1.29, 1.82) is 0 Å². The summed E-state index contributed by atoms with van der Waals surface area (Å²) in [5, 5.41) is 3.02. The molecule has 21 heavy (non-hydrogen) atoms. The van der Waals surface area contributed by atoms with Gasteiger partial charge in [-0.1, -0.05) is 29.8 Å². The van der Waals surface area contributed by atoms with Gasteiger partial charge in [-0.15, -0.1) is 0 Å². The summed E-state index contributed by atoms with van der Waals surface area (Å²) in [4.78, 5) is -0.237. The van der Waals surface area contributed by atoms with Crippen LogP contribution in [0, 0.1) is 11.7 Å². The second-order valence-corrected chi connectivity index (χ2v) is 8.24. The molecule has 1 heterocycles. The molecule has 7 heteroatoms. The van der Waals surface area contributed by atoms with Gasteiger partial charge in [0.15, 0.2) is 0 Å². The van der Waals surface area contributed by atoms with Gasteiger partial charge < -0.3 is 5.32 Å². The van der Waals surface area contributed by atoms with Crippen LogP contribution >= 0.6 is 15.9 Å². The van der Waals surface area contributed by atoms with E-state index in [1.807, 2.05) is 13.8 Å². The van der Waals surface area contributed by atoms with E-state index in [0.29, 0.717) is 42.1 Å². The SMILES string of the molecule is CCNCc1cc(Br)cc(S(=O)(=O)N2CCC(C)C2)c1F. The lowest BCUT2D eigenvalue weighted by Crippen LogP contribution is -2.30. The molecule has 1 aliphatic rings. The summed E-state index contributed by atoms with van der Waals surface area (Å²) in [6, 6.07) is 2.96. The minimum absolute atomic E-state index is 0.237. The van der Waals surface area contributed by atoms with Crippen LogP contribution in [0.2, 0.25) is 0 Å². The summed E-state index contributed by atoms with van der Waals surface area (Å²) in [5.74, 6) is -0.338. The van der Waals surface area contributed by atoms with Gasteiger partial charge in [-0.25, -0.2) is 12.8 Å². The van der Waals surface area contributed by atoms with Crippen molar-refractivity contribution in [3.8, 4) is 0 Å². The van der Waals surface area contributed by atoms with Crippen LogP contribution in [0.25, 0.3) is 0 Å². The summed E-state index contributed by atoms with van der Waals surface area (Å²) in [6.07, 6.45) is 0.819. The predicted molar refractivity (Wildman–Crippen MR) is 84.0 cm³/mol. The van der Waals surface area contributed by atoms with Crippen molar-refractivity contribution in [3.63, 3.8) is 0 Å². The number of nitrogens with zero attached hydrogens (tertiary/aromatic N) is 1. The standard InChI is InChI=1S/C14H20BrFN2O2S/c1-3-17-8-11-6-12(15)7-13(14(11)16)21(19,20)18-5-4-10(2)9-18/h6-7,10,17H,3-5,8-9H2,1-2H3. The molecule has 1 fully saturated rings. The van der Waals surface area contributed by atoms with E-state index in [2.05, 4.69) is 21.2 Å². The van der Waals surface area contributed by atoms with Crippen molar-refractivity contribution in [2.45, 2.75) is 31.7 Å². The van der Waals surface area contributed by atoms with Gasteiger partial charge in [0.05, 0.1) is 0 Å². The summed E-state index contributed by atoms with van der Waals surface area (Å²) in [5.41, 5.74) is 0.358. The number of rotatable bonds is 5. The number of hydrogen-bond donors (Lipinski definition) is 1. The average Bonchev–Trinajstić information content (AvgIpc) is 2.86. The molecule has 118 valence electrons. The first-order chi connectivity index (χ1) is 9.86. The highest BCUT2D eigenvalue weighted by molar-refractivity contribution is 9.10. The molecule has 0 aliphatic carbocycles. The average molecular weight is 379 g/mol. The van der Waals surface area contributed by atoms with Gasteiger partial charge in [0.1, 0.15) is 10.7 Å². The Hall–Kier alpha value is -0.500. The Morgan fingerprint density at radius 2 is 2.19 bits per heavy atom. The molecule has 1 aliphatic heterocycles. The van der Waals surface area contributed by atoms with Crippen LogP contribution in [-0.2, 0) is 16.6 Å². The van der Waals surface area contributed by atoms with Crippen LogP contribution in [0.1, 0.15) is 25.8 Å². The molecule has 4 nitrogen and oxygen atoms in total. The van der Waals surface area contributed by atoms with E-state index >= 15 is 0 Å². The van der Waals surface area contributed by atoms with Crippen molar-refractivity contribution >= 4 is 26.0 Å². The van der Waals surface area contributed by atoms with Crippen LogP contribution in [0.15, 0.2) is 21.5 Å². The smallest absolute Gasteiger partial charge is 0.246 e. The highest BCUT2D eigenvalue weighted by Gasteiger charge is 2.33. The topological polar surface area (TPSA) is 49.4 Å². The van der Waals surface area contributed by atoms with Crippen LogP contribution in [0.3, 0.4) is 0 Å². The maximum atomic E-state index is 14.6. The van der Waals surface area contributed by atoms with E-state index in [0.717, 1.165) is 6.42 Å². The minimum atomic E-state index is -3.77. The van der Waals surface area contributed by atoms with E-state index in [4.69, 9.17) is 0 Å². The molecule has 1 atom stereocenters. The third kappa shape index (κ3) is 3.64. The maximum Gasteiger partial charge on any atom is 0.246 e. The molecular weight excluding hydrogens is 359 g/mol. The number of sulfonamides is 1. The van der Waals surface area contributed by atoms with E-state index in [1.54, 1.807) is 6.07 Å². The third-order valence-corrected chi connectivity index (χ3v) is 5.97. The molecule has 0 aromatic heterocycles. The fourth-order valence-corrected chi connectivity index (χ4v) is 4.81. The molecule has 0 bridgehead atoms. The van der Waals surface area contributed by atoms with Gasteiger partial charge in [0, 0.05) is 29.7 Å². The highest BCUT2D eigenvalue weighted by Crippen LogP contribution is 2.29. The van der Waals surface area contributed by atoms with Crippen LogP contribution in [0.5, 0.6) is 0 Å². The Kier molecular flexibility index (Phi) is 5.40. The molecule has 2 rings (SSSR count). The minimum Gasteiger partial charge on any atom is -0.313 e. The Morgan fingerprint density at radius 3 is 2.76 bits per heavy atom. The molecular formula is C14H20BrFN2O2S. The highest BCUT2D eigenvalue weighted by atomic mass is 79.9. The molecule has 1 aromatic carbocycles. The van der Waals surface area contributed by atoms with E-state index in [-0.39, 0.29) is 4.90 Å². The van der Waals surface area contributed by atoms with Gasteiger partial charge in [0.25, 0.3) is 0 Å². The number of nitrogens with one attached hydrogen (secondary N) is 1. The van der Waals surface area contributed by atoms with Gasteiger partial charge in [-0.2, -0.15) is 4.31 Å². The third-order valence-electron chi connectivity index (χ3n) is 3.65. The van der Waals surface area contributed by atoms with E-state index in [9.17, 15) is 12.8 Å². The lowest BCUT2D eigenvalue weighted by atomic mass is 10.2. The lowest BCUT2D eigenvalue weighted by Gasteiger charge is -2.18. The first-order valence-electron chi connectivity index (χ1n) is 7.05. The van der Waals surface area contributed by atoms with Crippen molar-refractivity contribution in [1.82, 2.24) is 9.62 Å². The van der Waals surface area contributed by atoms with Gasteiger partial charge in [0.2, 0.25) is 10.0 Å². The normalized spacial score (nSPS) is 20.1. The molecule has 1 N–H and O–H groups in total. The lowest BCUT2D eigenvalue weighted by molar-refractivity contribution is 0.456. The Balaban J connectivity index is 2.40. The Morgan fingerprint density at radius 1 is 1.48 bits per heavy atom. The first kappa shape index (κ1) is 16.9.